The lowest BCUT2D eigenvalue weighted by atomic mass is 9.84. The van der Waals surface area contributed by atoms with Gasteiger partial charge in [-0.15, -0.1) is 0 Å². The number of benzene rings is 1. The molecule has 0 spiro atoms. The third-order valence-electron chi connectivity index (χ3n) is 6.79. The lowest BCUT2D eigenvalue weighted by Crippen LogP contribution is -2.45. The molecular formula is C25H35N3O3. The average molecular weight is 426 g/mol. The number of nitrogens with zero attached hydrogens (tertiary/aromatic N) is 2. The first kappa shape index (κ1) is 21.7. The van der Waals surface area contributed by atoms with Crippen molar-refractivity contribution < 1.29 is 14.3 Å². The number of H-pyrrole nitrogens is 1. The number of fused-ring (bicyclic) bond motifs is 3. The Morgan fingerprint density at radius 3 is 2.55 bits per heavy atom. The summed E-state index contributed by atoms with van der Waals surface area (Å²) in [4.78, 5) is 32.7. The Morgan fingerprint density at radius 1 is 1.16 bits per heavy atom. The number of aromatic nitrogens is 1. The van der Waals surface area contributed by atoms with Gasteiger partial charge in [0.05, 0.1) is 6.04 Å². The summed E-state index contributed by atoms with van der Waals surface area (Å²) in [5, 5.41) is 1.29. The second-order valence-electron chi connectivity index (χ2n) is 9.74. The maximum absolute atomic E-state index is 13.6. The molecule has 1 fully saturated rings. The van der Waals surface area contributed by atoms with Gasteiger partial charge in [0.1, 0.15) is 6.10 Å². The number of ether oxygens (including phenoxy) is 1. The summed E-state index contributed by atoms with van der Waals surface area (Å²) in [6.45, 7) is 5.23. The number of amides is 2. The van der Waals surface area contributed by atoms with Gasteiger partial charge in [0.2, 0.25) is 5.91 Å². The summed E-state index contributed by atoms with van der Waals surface area (Å²) in [6, 6.07) is 8.57. The predicted molar refractivity (Wildman–Crippen MR) is 122 cm³/mol. The topological polar surface area (TPSA) is 65.6 Å². The molecule has 1 unspecified atom stereocenters. The summed E-state index contributed by atoms with van der Waals surface area (Å²) in [5.74, 6) is 0.793. The lowest BCUT2D eigenvalue weighted by molar-refractivity contribution is -0.140. The number of aromatic amines is 1. The highest BCUT2D eigenvalue weighted by Gasteiger charge is 2.38. The van der Waals surface area contributed by atoms with Crippen molar-refractivity contribution in [2.24, 2.45) is 11.8 Å². The molecule has 1 saturated carbocycles. The van der Waals surface area contributed by atoms with Gasteiger partial charge in [-0.2, -0.15) is 0 Å². The fraction of sp³-hybridized carbons (Fsp3) is 0.600. The molecule has 4 rings (SSSR count). The van der Waals surface area contributed by atoms with Crippen molar-refractivity contribution in [1.82, 2.24) is 14.8 Å². The molecule has 1 atom stereocenters. The van der Waals surface area contributed by atoms with Crippen LogP contribution >= 0.6 is 0 Å². The zero-order valence-corrected chi connectivity index (χ0v) is 19.2. The van der Waals surface area contributed by atoms with Gasteiger partial charge in [0, 0.05) is 43.2 Å². The maximum Gasteiger partial charge on any atom is 0.409 e. The first-order valence-electron chi connectivity index (χ1n) is 11.6. The Kier molecular flexibility index (Phi) is 6.26. The van der Waals surface area contributed by atoms with Crippen LogP contribution in [0.3, 0.4) is 0 Å². The molecule has 2 heterocycles. The molecule has 1 aliphatic heterocycles. The van der Waals surface area contributed by atoms with Crippen LogP contribution in [-0.2, 0) is 16.0 Å². The van der Waals surface area contributed by atoms with E-state index in [2.05, 4.69) is 48.0 Å². The van der Waals surface area contributed by atoms with Crippen LogP contribution in [0.5, 0.6) is 0 Å². The smallest absolute Gasteiger partial charge is 0.409 e. The van der Waals surface area contributed by atoms with Crippen molar-refractivity contribution in [3.8, 4) is 0 Å². The molecular weight excluding hydrogens is 390 g/mol. The van der Waals surface area contributed by atoms with Gasteiger partial charge in [-0.3, -0.25) is 4.79 Å². The molecule has 168 valence electrons. The van der Waals surface area contributed by atoms with Crippen LogP contribution in [-0.4, -0.2) is 53.5 Å². The Bertz CT molecular complexity index is 941. The number of carbonyl (C=O) groups excluding carboxylic acids is 2. The lowest BCUT2D eigenvalue weighted by Gasteiger charge is -2.40. The van der Waals surface area contributed by atoms with E-state index in [1.54, 1.807) is 14.1 Å². The van der Waals surface area contributed by atoms with Gasteiger partial charge in [0.25, 0.3) is 0 Å². The number of para-hydroxylation sites is 1. The van der Waals surface area contributed by atoms with Gasteiger partial charge >= 0.3 is 6.09 Å². The van der Waals surface area contributed by atoms with Crippen LogP contribution in [0.1, 0.15) is 63.3 Å². The summed E-state index contributed by atoms with van der Waals surface area (Å²) < 4.78 is 5.54. The van der Waals surface area contributed by atoms with E-state index < -0.39 is 0 Å². The van der Waals surface area contributed by atoms with Gasteiger partial charge < -0.3 is 19.5 Å². The maximum atomic E-state index is 13.6. The highest BCUT2D eigenvalue weighted by atomic mass is 16.6. The van der Waals surface area contributed by atoms with Gasteiger partial charge in [0.15, 0.2) is 0 Å². The molecule has 1 aliphatic carbocycles. The van der Waals surface area contributed by atoms with Crippen LogP contribution in [0.25, 0.3) is 10.9 Å². The van der Waals surface area contributed by atoms with Crippen molar-refractivity contribution >= 4 is 22.9 Å². The average Bonchev–Trinajstić information content (AvgIpc) is 3.13. The van der Waals surface area contributed by atoms with Gasteiger partial charge in [-0.1, -0.05) is 32.0 Å². The zero-order valence-electron chi connectivity index (χ0n) is 19.2. The minimum Gasteiger partial charge on any atom is -0.446 e. The van der Waals surface area contributed by atoms with Crippen LogP contribution in [0.4, 0.5) is 4.79 Å². The summed E-state index contributed by atoms with van der Waals surface area (Å²) in [5.41, 5.74) is 3.77. The molecule has 1 aromatic carbocycles. The van der Waals surface area contributed by atoms with Crippen molar-refractivity contribution in [1.29, 1.82) is 0 Å². The van der Waals surface area contributed by atoms with Crippen LogP contribution in [0.2, 0.25) is 0 Å². The van der Waals surface area contributed by atoms with E-state index in [1.807, 2.05) is 0 Å². The Hall–Kier alpha value is -2.50. The first-order valence-corrected chi connectivity index (χ1v) is 11.6. The Balaban J connectivity index is 1.49. The molecule has 2 amide bonds. The molecule has 31 heavy (non-hydrogen) atoms. The van der Waals surface area contributed by atoms with E-state index >= 15 is 0 Å². The second-order valence-corrected chi connectivity index (χ2v) is 9.74. The molecule has 1 aromatic heterocycles. The van der Waals surface area contributed by atoms with Gasteiger partial charge in [-0.25, -0.2) is 4.79 Å². The van der Waals surface area contributed by atoms with E-state index in [0.717, 1.165) is 45.1 Å². The number of hydrogen-bond acceptors (Lipinski definition) is 3. The highest BCUT2D eigenvalue weighted by molar-refractivity contribution is 5.86. The largest absolute Gasteiger partial charge is 0.446 e. The van der Waals surface area contributed by atoms with E-state index in [1.165, 1.54) is 27.1 Å². The number of rotatable bonds is 4. The Labute approximate surface area is 184 Å². The molecule has 2 aromatic rings. The third kappa shape index (κ3) is 4.43. The SMILES string of the molecule is CC(C)CC1c2[nH]c3ccccc3c2CCN1C(=O)[C@H]1CC[C@H](OC(=O)N(C)C)CC1. The van der Waals surface area contributed by atoms with Crippen LogP contribution < -0.4 is 0 Å². The molecule has 6 heteroatoms. The fourth-order valence-corrected chi connectivity index (χ4v) is 5.18. The molecule has 1 N–H and O–H groups in total. The summed E-state index contributed by atoms with van der Waals surface area (Å²) in [6.07, 6.45) is 4.58. The molecule has 0 saturated heterocycles. The van der Waals surface area contributed by atoms with E-state index in [-0.39, 0.29) is 30.1 Å². The molecule has 0 radical (unpaired) electrons. The minimum atomic E-state index is -0.297. The molecule has 2 aliphatic rings. The number of nitrogens with one attached hydrogen (secondary N) is 1. The normalized spacial score (nSPS) is 23.6. The standard InChI is InChI=1S/C25H35N3O3/c1-16(2)15-22-23-20(19-7-5-6-8-21(19)26-23)13-14-28(22)24(29)17-9-11-18(12-10-17)31-25(30)27(3)4/h5-8,16-18,22,26H,9-15H2,1-4H3/t17-,18-,22?. The zero-order chi connectivity index (χ0) is 22.1. The number of carbonyl (C=O) groups is 2. The predicted octanol–water partition coefficient (Wildman–Crippen LogP) is 4.90. The van der Waals surface area contributed by atoms with Crippen molar-refractivity contribution in [2.45, 2.75) is 64.5 Å². The second kappa shape index (κ2) is 8.93. The quantitative estimate of drug-likeness (QED) is 0.758. The summed E-state index contributed by atoms with van der Waals surface area (Å²) >= 11 is 0. The van der Waals surface area contributed by atoms with Crippen molar-refractivity contribution in [2.75, 3.05) is 20.6 Å². The number of hydrogen-bond donors (Lipinski definition) is 1. The molecule has 6 nitrogen and oxygen atoms in total. The van der Waals surface area contributed by atoms with E-state index in [9.17, 15) is 9.59 Å². The monoisotopic (exact) mass is 425 g/mol. The van der Waals surface area contributed by atoms with Crippen LogP contribution in [0.15, 0.2) is 24.3 Å². The van der Waals surface area contributed by atoms with Crippen LogP contribution in [0, 0.1) is 11.8 Å². The van der Waals surface area contributed by atoms with Crippen molar-refractivity contribution in [3.63, 3.8) is 0 Å². The highest BCUT2D eigenvalue weighted by Crippen LogP contribution is 2.40. The fourth-order valence-electron chi connectivity index (χ4n) is 5.18. The van der Waals surface area contributed by atoms with Gasteiger partial charge in [-0.05, 0) is 56.1 Å². The van der Waals surface area contributed by atoms with E-state index in [0.29, 0.717) is 5.92 Å². The molecule has 0 bridgehead atoms. The van der Waals surface area contributed by atoms with Crippen molar-refractivity contribution in [3.05, 3.63) is 35.5 Å². The summed E-state index contributed by atoms with van der Waals surface area (Å²) in [7, 11) is 3.39. The third-order valence-corrected chi connectivity index (χ3v) is 6.79. The first-order chi connectivity index (χ1) is 14.8. The Morgan fingerprint density at radius 2 is 1.87 bits per heavy atom. The minimum absolute atomic E-state index is 0.0231. The van der Waals surface area contributed by atoms with E-state index in [4.69, 9.17) is 4.74 Å².